The van der Waals surface area contributed by atoms with Gasteiger partial charge in [0.25, 0.3) is 0 Å². The van der Waals surface area contributed by atoms with Crippen LogP contribution in [0.25, 0.3) is 0 Å². The fourth-order valence-corrected chi connectivity index (χ4v) is 1.53. The molecular weight excluding hydrogens is 224 g/mol. The first kappa shape index (κ1) is 13.9. The number of ether oxygens (including phenoxy) is 1. The molecule has 96 valence electrons. The van der Waals surface area contributed by atoms with Gasteiger partial charge in [-0.15, -0.1) is 0 Å². The van der Waals surface area contributed by atoms with Crippen LogP contribution in [0.4, 0.5) is 8.78 Å². The summed E-state index contributed by atoms with van der Waals surface area (Å²) in [5.41, 5.74) is 0. The first-order chi connectivity index (χ1) is 8.13. The van der Waals surface area contributed by atoms with Crippen LogP contribution >= 0.6 is 0 Å². The minimum absolute atomic E-state index is 0.00137. The standard InChI is InChI=1S/C13H19F2NO/c1-3-16-8-4-5-10(2)17-11-6-7-12(14)13(15)9-11/h6-7,9-10,16H,3-5,8H2,1-2H3. The zero-order valence-electron chi connectivity index (χ0n) is 10.3. The SMILES string of the molecule is CCNCCCC(C)Oc1ccc(F)c(F)c1. The van der Waals surface area contributed by atoms with E-state index >= 15 is 0 Å². The Morgan fingerprint density at radius 2 is 2.06 bits per heavy atom. The summed E-state index contributed by atoms with van der Waals surface area (Å²) >= 11 is 0. The number of nitrogens with one attached hydrogen (secondary N) is 1. The molecule has 1 rings (SSSR count). The van der Waals surface area contributed by atoms with Crippen LogP contribution in [0.5, 0.6) is 5.75 Å². The van der Waals surface area contributed by atoms with Crippen molar-refractivity contribution in [1.82, 2.24) is 5.32 Å². The second kappa shape index (κ2) is 7.22. The summed E-state index contributed by atoms with van der Waals surface area (Å²) in [7, 11) is 0. The molecule has 1 aromatic carbocycles. The number of benzene rings is 1. The van der Waals surface area contributed by atoms with Gasteiger partial charge in [0.15, 0.2) is 11.6 Å². The number of rotatable bonds is 7. The first-order valence-electron chi connectivity index (χ1n) is 5.96. The zero-order chi connectivity index (χ0) is 12.7. The van der Waals surface area contributed by atoms with Crippen LogP contribution in [-0.4, -0.2) is 19.2 Å². The second-order valence-corrected chi connectivity index (χ2v) is 4.00. The Kier molecular flexibility index (Phi) is 5.91. The predicted octanol–water partition coefficient (Wildman–Crippen LogP) is 3.12. The Morgan fingerprint density at radius 3 is 2.71 bits per heavy atom. The molecule has 0 aromatic heterocycles. The highest BCUT2D eigenvalue weighted by Crippen LogP contribution is 2.17. The smallest absolute Gasteiger partial charge is 0.162 e. The van der Waals surface area contributed by atoms with Gasteiger partial charge in [-0.3, -0.25) is 0 Å². The molecule has 17 heavy (non-hydrogen) atoms. The third-order valence-electron chi connectivity index (χ3n) is 2.44. The van der Waals surface area contributed by atoms with Crippen LogP contribution in [0.15, 0.2) is 18.2 Å². The Morgan fingerprint density at radius 1 is 1.29 bits per heavy atom. The molecule has 4 heteroatoms. The Labute approximate surface area is 101 Å². The first-order valence-corrected chi connectivity index (χ1v) is 5.96. The highest BCUT2D eigenvalue weighted by atomic mass is 19.2. The van der Waals surface area contributed by atoms with Crippen LogP contribution in [0, 0.1) is 11.6 Å². The van der Waals surface area contributed by atoms with Gasteiger partial charge < -0.3 is 10.1 Å². The number of hydrogen-bond donors (Lipinski definition) is 1. The number of halogens is 2. The van der Waals surface area contributed by atoms with E-state index in [1.54, 1.807) is 0 Å². The molecule has 2 nitrogen and oxygen atoms in total. The average Bonchev–Trinajstić information content (AvgIpc) is 2.30. The van der Waals surface area contributed by atoms with Gasteiger partial charge in [0.2, 0.25) is 0 Å². The molecule has 1 atom stereocenters. The summed E-state index contributed by atoms with van der Waals surface area (Å²) in [4.78, 5) is 0. The van der Waals surface area contributed by atoms with E-state index in [9.17, 15) is 8.78 Å². The molecule has 1 unspecified atom stereocenters. The third kappa shape index (κ3) is 5.13. The molecule has 0 aliphatic carbocycles. The van der Waals surface area contributed by atoms with Gasteiger partial charge in [-0.05, 0) is 45.0 Å². The van der Waals surface area contributed by atoms with E-state index < -0.39 is 11.6 Å². The van der Waals surface area contributed by atoms with Crippen molar-refractivity contribution < 1.29 is 13.5 Å². The fourth-order valence-electron chi connectivity index (χ4n) is 1.53. The molecule has 0 amide bonds. The molecule has 0 aliphatic rings. The van der Waals surface area contributed by atoms with Crippen molar-refractivity contribution in [2.75, 3.05) is 13.1 Å². The maximum Gasteiger partial charge on any atom is 0.162 e. The molecule has 0 bridgehead atoms. The van der Waals surface area contributed by atoms with Crippen molar-refractivity contribution in [2.24, 2.45) is 0 Å². The highest BCUT2D eigenvalue weighted by Gasteiger charge is 2.07. The van der Waals surface area contributed by atoms with Crippen LogP contribution in [0.2, 0.25) is 0 Å². The average molecular weight is 243 g/mol. The van der Waals surface area contributed by atoms with Gasteiger partial charge in [-0.1, -0.05) is 6.92 Å². The third-order valence-corrected chi connectivity index (χ3v) is 2.44. The van der Waals surface area contributed by atoms with E-state index in [1.807, 2.05) is 6.92 Å². The van der Waals surface area contributed by atoms with Crippen molar-refractivity contribution in [3.8, 4) is 5.75 Å². The van der Waals surface area contributed by atoms with Gasteiger partial charge in [0, 0.05) is 6.07 Å². The van der Waals surface area contributed by atoms with Crippen molar-refractivity contribution in [3.05, 3.63) is 29.8 Å². The quantitative estimate of drug-likeness (QED) is 0.743. The molecule has 0 aliphatic heterocycles. The largest absolute Gasteiger partial charge is 0.491 e. The molecule has 0 heterocycles. The van der Waals surface area contributed by atoms with E-state index in [1.165, 1.54) is 6.07 Å². The van der Waals surface area contributed by atoms with Gasteiger partial charge in [0.05, 0.1) is 6.10 Å². The lowest BCUT2D eigenvalue weighted by Gasteiger charge is -2.14. The van der Waals surface area contributed by atoms with E-state index in [0.29, 0.717) is 5.75 Å². The van der Waals surface area contributed by atoms with Crippen LogP contribution < -0.4 is 10.1 Å². The van der Waals surface area contributed by atoms with Crippen molar-refractivity contribution in [3.63, 3.8) is 0 Å². The van der Waals surface area contributed by atoms with Crippen LogP contribution in [0.3, 0.4) is 0 Å². The Hall–Kier alpha value is -1.16. The monoisotopic (exact) mass is 243 g/mol. The summed E-state index contributed by atoms with van der Waals surface area (Å²) in [6, 6.07) is 3.60. The summed E-state index contributed by atoms with van der Waals surface area (Å²) in [5, 5.41) is 3.22. The lowest BCUT2D eigenvalue weighted by Crippen LogP contribution is -2.18. The second-order valence-electron chi connectivity index (χ2n) is 4.00. The lowest BCUT2D eigenvalue weighted by molar-refractivity contribution is 0.206. The van der Waals surface area contributed by atoms with Gasteiger partial charge in [-0.25, -0.2) is 8.78 Å². The van der Waals surface area contributed by atoms with Gasteiger partial charge >= 0.3 is 0 Å². The lowest BCUT2D eigenvalue weighted by atomic mass is 10.2. The molecule has 1 aromatic rings. The van der Waals surface area contributed by atoms with E-state index in [0.717, 1.165) is 38.1 Å². The number of hydrogen-bond acceptors (Lipinski definition) is 2. The normalized spacial score (nSPS) is 12.5. The van der Waals surface area contributed by atoms with Crippen molar-refractivity contribution in [1.29, 1.82) is 0 Å². The fraction of sp³-hybridized carbons (Fsp3) is 0.538. The van der Waals surface area contributed by atoms with Crippen molar-refractivity contribution >= 4 is 0 Å². The van der Waals surface area contributed by atoms with E-state index in [-0.39, 0.29) is 6.10 Å². The van der Waals surface area contributed by atoms with Crippen molar-refractivity contribution in [2.45, 2.75) is 32.8 Å². The topological polar surface area (TPSA) is 21.3 Å². The summed E-state index contributed by atoms with van der Waals surface area (Å²) in [5.74, 6) is -1.35. The van der Waals surface area contributed by atoms with Gasteiger partial charge in [0.1, 0.15) is 5.75 Å². The summed E-state index contributed by atoms with van der Waals surface area (Å²) in [6.07, 6.45) is 1.88. The zero-order valence-corrected chi connectivity index (χ0v) is 10.3. The molecular formula is C13H19F2NO. The maximum absolute atomic E-state index is 12.9. The summed E-state index contributed by atoms with van der Waals surface area (Å²) in [6.45, 7) is 5.88. The van der Waals surface area contributed by atoms with Gasteiger partial charge in [-0.2, -0.15) is 0 Å². The highest BCUT2D eigenvalue weighted by molar-refractivity contribution is 5.23. The minimum Gasteiger partial charge on any atom is -0.491 e. The van der Waals surface area contributed by atoms with E-state index in [4.69, 9.17) is 4.74 Å². The molecule has 1 N–H and O–H groups in total. The molecule has 0 radical (unpaired) electrons. The van der Waals surface area contributed by atoms with E-state index in [2.05, 4.69) is 12.2 Å². The molecule has 0 saturated heterocycles. The molecule has 0 saturated carbocycles. The minimum atomic E-state index is -0.873. The molecule has 0 spiro atoms. The Balaban J connectivity index is 2.34. The predicted molar refractivity (Wildman–Crippen MR) is 64.2 cm³/mol. The Bertz CT molecular complexity index is 344. The van der Waals surface area contributed by atoms with Crippen LogP contribution in [-0.2, 0) is 0 Å². The summed E-state index contributed by atoms with van der Waals surface area (Å²) < 4.78 is 31.1. The molecule has 0 fully saturated rings. The maximum atomic E-state index is 12.9. The van der Waals surface area contributed by atoms with Crippen LogP contribution in [0.1, 0.15) is 26.7 Å².